The second-order valence-electron chi connectivity index (χ2n) is 3.97. The third kappa shape index (κ3) is 1.19. The Kier molecular flexibility index (Phi) is 2.14. The molecular weight excluding hydrogens is 162 g/mol. The Labute approximate surface area is 79.7 Å². The van der Waals surface area contributed by atoms with Crippen molar-refractivity contribution in [2.45, 2.75) is 26.7 Å². The highest BCUT2D eigenvalue weighted by atomic mass is 16.5. The third-order valence-electron chi connectivity index (χ3n) is 3.35. The van der Waals surface area contributed by atoms with E-state index in [1.54, 1.807) is 0 Å². The van der Waals surface area contributed by atoms with Gasteiger partial charge in [0.2, 0.25) is 0 Å². The molecule has 0 spiro atoms. The summed E-state index contributed by atoms with van der Waals surface area (Å²) >= 11 is 0. The molecule has 2 atom stereocenters. The lowest BCUT2D eigenvalue weighted by Gasteiger charge is -2.30. The molecule has 0 saturated carbocycles. The van der Waals surface area contributed by atoms with Gasteiger partial charge >= 0.3 is 0 Å². The molecule has 0 fully saturated rings. The Hall–Kier alpha value is -0.790. The molecule has 0 aromatic carbocycles. The molecule has 0 aromatic heterocycles. The number of hydrogen-bond donors (Lipinski definition) is 0. The van der Waals surface area contributed by atoms with Crippen LogP contribution >= 0.6 is 0 Å². The lowest BCUT2D eigenvalue weighted by Crippen LogP contribution is -2.32. The first kappa shape index (κ1) is 8.79. The number of allylic oxidation sites excluding steroid dienone is 1. The van der Waals surface area contributed by atoms with Crippen LogP contribution in [0.2, 0.25) is 0 Å². The van der Waals surface area contributed by atoms with Crippen LogP contribution in [0, 0.1) is 11.3 Å². The smallest absolute Gasteiger partial charge is 0.194 e. The molecule has 1 heterocycles. The van der Waals surface area contributed by atoms with Gasteiger partial charge in [-0.1, -0.05) is 26.0 Å². The normalized spacial score (nSPS) is 37.7. The molecular formula is C11H17NO. The summed E-state index contributed by atoms with van der Waals surface area (Å²) in [5, 5.41) is 0. The van der Waals surface area contributed by atoms with Crippen molar-refractivity contribution < 1.29 is 4.74 Å². The van der Waals surface area contributed by atoms with E-state index < -0.39 is 0 Å². The highest BCUT2D eigenvalue weighted by molar-refractivity contribution is 5.86. The molecule has 2 aliphatic rings. The van der Waals surface area contributed by atoms with Gasteiger partial charge in [-0.15, -0.1) is 0 Å². The number of rotatable bonds is 2. The van der Waals surface area contributed by atoms with Gasteiger partial charge in [0, 0.05) is 0 Å². The zero-order valence-corrected chi connectivity index (χ0v) is 8.42. The quantitative estimate of drug-likeness (QED) is 0.596. The van der Waals surface area contributed by atoms with E-state index in [0.717, 1.165) is 31.9 Å². The maximum atomic E-state index is 5.60. The summed E-state index contributed by atoms with van der Waals surface area (Å²) in [5.74, 6) is 1.63. The van der Waals surface area contributed by atoms with Crippen LogP contribution in [0.5, 0.6) is 0 Å². The van der Waals surface area contributed by atoms with Crippen LogP contribution in [0.25, 0.3) is 0 Å². The van der Waals surface area contributed by atoms with Gasteiger partial charge in [-0.3, -0.25) is 4.99 Å². The molecule has 1 aliphatic carbocycles. The fraction of sp³-hybridized carbons (Fsp3) is 0.727. The summed E-state index contributed by atoms with van der Waals surface area (Å²) in [5.41, 5.74) is 0.122. The van der Waals surface area contributed by atoms with Crippen LogP contribution in [0.4, 0.5) is 0 Å². The first-order valence-corrected chi connectivity index (χ1v) is 5.15. The standard InChI is InChI=1S/C11H17NO/c1-3-11(6-4-5-9(11)2)10-12-7-8-13-10/h4,6,9H,3,5,7-8H2,1-2H3/t9?,11-/m0/s1. The number of nitrogens with zero attached hydrogens (tertiary/aromatic N) is 1. The summed E-state index contributed by atoms with van der Waals surface area (Å²) in [6.45, 7) is 6.12. The maximum absolute atomic E-state index is 5.60. The van der Waals surface area contributed by atoms with Gasteiger partial charge in [-0.25, -0.2) is 0 Å². The molecule has 72 valence electrons. The van der Waals surface area contributed by atoms with E-state index in [2.05, 4.69) is 31.0 Å². The molecule has 0 saturated heterocycles. The zero-order valence-electron chi connectivity index (χ0n) is 8.42. The van der Waals surface area contributed by atoms with Crippen molar-refractivity contribution >= 4 is 5.90 Å². The molecule has 0 amide bonds. The predicted molar refractivity (Wildman–Crippen MR) is 53.9 cm³/mol. The molecule has 0 radical (unpaired) electrons. The summed E-state index contributed by atoms with van der Waals surface area (Å²) in [4.78, 5) is 4.45. The Bertz CT molecular complexity index is 257. The van der Waals surface area contributed by atoms with Crippen LogP contribution in [0.3, 0.4) is 0 Å². The minimum absolute atomic E-state index is 0.122. The average molecular weight is 179 g/mol. The van der Waals surface area contributed by atoms with E-state index in [0.29, 0.717) is 5.92 Å². The van der Waals surface area contributed by atoms with Gasteiger partial charge in [-0.05, 0) is 18.8 Å². The Morgan fingerprint density at radius 3 is 3.00 bits per heavy atom. The van der Waals surface area contributed by atoms with Crippen molar-refractivity contribution in [3.8, 4) is 0 Å². The highest BCUT2D eigenvalue weighted by Gasteiger charge is 2.42. The van der Waals surface area contributed by atoms with Gasteiger partial charge < -0.3 is 4.74 Å². The number of hydrogen-bond acceptors (Lipinski definition) is 2. The van der Waals surface area contributed by atoms with Crippen molar-refractivity contribution in [2.24, 2.45) is 16.3 Å². The molecule has 1 unspecified atom stereocenters. The summed E-state index contributed by atoms with van der Waals surface area (Å²) in [6, 6.07) is 0. The SMILES string of the molecule is CC[C@]1(C2=NCCO2)C=CCC1C. The number of aliphatic imine (C=N–C) groups is 1. The molecule has 2 heteroatoms. The van der Waals surface area contributed by atoms with E-state index in [1.165, 1.54) is 0 Å². The fourth-order valence-corrected chi connectivity index (χ4v) is 2.37. The van der Waals surface area contributed by atoms with Gasteiger partial charge in [0.1, 0.15) is 6.61 Å². The monoisotopic (exact) mass is 179 g/mol. The maximum Gasteiger partial charge on any atom is 0.194 e. The Morgan fingerprint density at radius 2 is 2.54 bits per heavy atom. The van der Waals surface area contributed by atoms with Gasteiger partial charge in [0.25, 0.3) is 0 Å². The summed E-state index contributed by atoms with van der Waals surface area (Å²) in [6.07, 6.45) is 6.82. The minimum Gasteiger partial charge on any atom is -0.478 e. The first-order chi connectivity index (χ1) is 6.29. The van der Waals surface area contributed by atoms with Crippen molar-refractivity contribution in [1.82, 2.24) is 0 Å². The summed E-state index contributed by atoms with van der Waals surface area (Å²) < 4.78 is 5.60. The largest absolute Gasteiger partial charge is 0.478 e. The van der Waals surface area contributed by atoms with E-state index >= 15 is 0 Å². The van der Waals surface area contributed by atoms with E-state index in [4.69, 9.17) is 4.74 Å². The number of ether oxygens (including phenoxy) is 1. The molecule has 0 bridgehead atoms. The van der Waals surface area contributed by atoms with E-state index in [1.807, 2.05) is 0 Å². The van der Waals surface area contributed by atoms with E-state index in [9.17, 15) is 0 Å². The summed E-state index contributed by atoms with van der Waals surface area (Å²) in [7, 11) is 0. The van der Waals surface area contributed by atoms with Crippen LogP contribution in [0.15, 0.2) is 17.1 Å². The highest BCUT2D eigenvalue weighted by Crippen LogP contribution is 2.42. The van der Waals surface area contributed by atoms with Crippen molar-refractivity contribution in [1.29, 1.82) is 0 Å². The fourth-order valence-electron chi connectivity index (χ4n) is 2.37. The molecule has 1 aliphatic heterocycles. The van der Waals surface area contributed by atoms with Crippen molar-refractivity contribution in [3.05, 3.63) is 12.2 Å². The molecule has 0 aromatic rings. The van der Waals surface area contributed by atoms with Gasteiger partial charge in [-0.2, -0.15) is 0 Å². The average Bonchev–Trinajstić information content (AvgIpc) is 2.73. The molecule has 0 N–H and O–H groups in total. The predicted octanol–water partition coefficient (Wildman–Crippen LogP) is 2.41. The van der Waals surface area contributed by atoms with Crippen LogP contribution < -0.4 is 0 Å². The molecule has 2 rings (SSSR count). The third-order valence-corrected chi connectivity index (χ3v) is 3.35. The van der Waals surface area contributed by atoms with E-state index in [-0.39, 0.29) is 5.41 Å². The second kappa shape index (κ2) is 3.17. The topological polar surface area (TPSA) is 21.6 Å². The van der Waals surface area contributed by atoms with Crippen LogP contribution in [-0.2, 0) is 4.74 Å². The lowest BCUT2D eigenvalue weighted by atomic mass is 9.76. The first-order valence-electron chi connectivity index (χ1n) is 5.15. The second-order valence-corrected chi connectivity index (χ2v) is 3.97. The van der Waals surface area contributed by atoms with Crippen LogP contribution in [0.1, 0.15) is 26.7 Å². The van der Waals surface area contributed by atoms with Gasteiger partial charge in [0.15, 0.2) is 5.90 Å². The molecule has 2 nitrogen and oxygen atoms in total. The zero-order chi connectivity index (χ0) is 9.31. The van der Waals surface area contributed by atoms with Crippen molar-refractivity contribution in [3.63, 3.8) is 0 Å². The Morgan fingerprint density at radius 1 is 1.69 bits per heavy atom. The minimum atomic E-state index is 0.122. The van der Waals surface area contributed by atoms with Crippen molar-refractivity contribution in [2.75, 3.05) is 13.2 Å². The molecule has 13 heavy (non-hydrogen) atoms. The van der Waals surface area contributed by atoms with Gasteiger partial charge in [0.05, 0.1) is 12.0 Å². The van der Waals surface area contributed by atoms with Crippen LogP contribution in [-0.4, -0.2) is 19.0 Å². The Balaban J connectivity index is 2.28. The lowest BCUT2D eigenvalue weighted by molar-refractivity contribution is 0.258.